The first kappa shape index (κ1) is 14.4. The van der Waals surface area contributed by atoms with Crippen LogP contribution >= 0.6 is 0 Å². The lowest BCUT2D eigenvalue weighted by Gasteiger charge is -2.06. The van der Waals surface area contributed by atoms with E-state index in [-0.39, 0.29) is 6.79 Å². The Kier molecular flexibility index (Phi) is 3.98. The van der Waals surface area contributed by atoms with Crippen molar-refractivity contribution < 1.29 is 19.4 Å². The van der Waals surface area contributed by atoms with Gasteiger partial charge in [-0.15, -0.1) is 0 Å². The van der Waals surface area contributed by atoms with E-state index in [9.17, 15) is 0 Å². The van der Waals surface area contributed by atoms with Crippen molar-refractivity contribution >= 4 is 5.71 Å². The van der Waals surface area contributed by atoms with E-state index >= 15 is 0 Å². The van der Waals surface area contributed by atoms with Crippen LogP contribution in [0.25, 0.3) is 11.1 Å². The van der Waals surface area contributed by atoms with E-state index in [0.717, 1.165) is 28.2 Å². The fraction of sp³-hybridized carbons (Fsp3) is 0.235. The first-order chi connectivity index (χ1) is 10.6. The molecule has 0 radical (unpaired) electrons. The van der Waals surface area contributed by atoms with Gasteiger partial charge in [-0.3, -0.25) is 0 Å². The monoisotopic (exact) mass is 299 g/mol. The fourth-order valence-corrected chi connectivity index (χ4v) is 2.19. The third-order valence-electron chi connectivity index (χ3n) is 3.35. The first-order valence-electron chi connectivity index (χ1n) is 7.02. The van der Waals surface area contributed by atoms with Crippen LogP contribution in [0.3, 0.4) is 0 Å². The number of hydrogen-bond acceptors (Lipinski definition) is 5. The highest BCUT2D eigenvalue weighted by Crippen LogP contribution is 2.35. The number of aliphatic hydroxyl groups excluding tert-OH is 1. The van der Waals surface area contributed by atoms with Crippen molar-refractivity contribution in [3.8, 4) is 22.6 Å². The van der Waals surface area contributed by atoms with Crippen LogP contribution in [0.2, 0.25) is 0 Å². The molecule has 1 atom stereocenters. The van der Waals surface area contributed by atoms with Crippen molar-refractivity contribution in [1.29, 1.82) is 0 Å². The fourth-order valence-electron chi connectivity index (χ4n) is 2.19. The van der Waals surface area contributed by atoms with Gasteiger partial charge in [0.05, 0.1) is 5.71 Å². The van der Waals surface area contributed by atoms with Crippen LogP contribution in [0, 0.1) is 0 Å². The van der Waals surface area contributed by atoms with Gasteiger partial charge in [0.25, 0.3) is 0 Å². The first-order valence-corrected chi connectivity index (χ1v) is 7.02. The number of oxime groups is 1. The van der Waals surface area contributed by atoms with Crippen LogP contribution in [-0.4, -0.2) is 23.9 Å². The molecule has 1 aliphatic heterocycles. The topological polar surface area (TPSA) is 60.3 Å². The maximum Gasteiger partial charge on any atom is 0.231 e. The number of nitrogens with zero attached hydrogens (tertiary/aromatic N) is 1. The minimum atomic E-state index is -0.914. The summed E-state index contributed by atoms with van der Waals surface area (Å²) >= 11 is 0. The Balaban J connectivity index is 1.81. The maximum absolute atomic E-state index is 9.07. The van der Waals surface area contributed by atoms with Crippen LogP contribution in [-0.2, 0) is 4.84 Å². The standard InChI is InChI=1S/C17H17NO4/c1-11(18-22-12(2)19)13-3-5-14(6-4-13)15-7-8-16-17(9-15)21-10-20-16/h3-9,12,19H,10H2,1-2H3. The summed E-state index contributed by atoms with van der Waals surface area (Å²) in [6, 6.07) is 13.8. The van der Waals surface area contributed by atoms with Crippen molar-refractivity contribution in [2.24, 2.45) is 5.16 Å². The SMILES string of the molecule is CC(=NOC(C)O)c1ccc(-c2ccc3c(c2)OCO3)cc1. The maximum atomic E-state index is 9.07. The minimum Gasteiger partial charge on any atom is -0.454 e. The Morgan fingerprint density at radius 1 is 1.09 bits per heavy atom. The Hall–Kier alpha value is -2.53. The number of ether oxygens (including phenoxy) is 2. The van der Waals surface area contributed by atoms with Gasteiger partial charge < -0.3 is 19.4 Å². The molecule has 0 saturated carbocycles. The molecule has 3 rings (SSSR count). The molecule has 2 aromatic carbocycles. The zero-order valence-corrected chi connectivity index (χ0v) is 12.4. The van der Waals surface area contributed by atoms with Gasteiger partial charge in [-0.05, 0) is 35.7 Å². The Bertz CT molecular complexity index is 692. The number of fused-ring (bicyclic) bond motifs is 1. The number of aliphatic hydroxyl groups is 1. The Morgan fingerprint density at radius 2 is 1.77 bits per heavy atom. The zero-order chi connectivity index (χ0) is 15.5. The number of benzene rings is 2. The van der Waals surface area contributed by atoms with Gasteiger partial charge in [-0.2, -0.15) is 0 Å². The molecule has 0 fully saturated rings. The smallest absolute Gasteiger partial charge is 0.231 e. The van der Waals surface area contributed by atoms with Gasteiger partial charge in [0.1, 0.15) is 0 Å². The van der Waals surface area contributed by atoms with Crippen LogP contribution in [0.5, 0.6) is 11.5 Å². The van der Waals surface area contributed by atoms with Crippen molar-refractivity contribution in [1.82, 2.24) is 0 Å². The highest BCUT2D eigenvalue weighted by Gasteiger charge is 2.13. The molecule has 0 spiro atoms. The minimum absolute atomic E-state index is 0.274. The average molecular weight is 299 g/mol. The van der Waals surface area contributed by atoms with Gasteiger partial charge >= 0.3 is 0 Å². The summed E-state index contributed by atoms with van der Waals surface area (Å²) in [7, 11) is 0. The predicted octanol–water partition coefficient (Wildman–Crippen LogP) is 3.16. The van der Waals surface area contributed by atoms with Crippen LogP contribution in [0.15, 0.2) is 47.6 Å². The molecule has 1 heterocycles. The lowest BCUT2D eigenvalue weighted by Crippen LogP contribution is -2.04. The summed E-state index contributed by atoms with van der Waals surface area (Å²) in [6.45, 7) is 3.62. The average Bonchev–Trinajstić information content (AvgIpc) is 3.00. The van der Waals surface area contributed by atoms with Gasteiger partial charge in [-0.25, -0.2) is 0 Å². The van der Waals surface area contributed by atoms with Crippen LogP contribution in [0.4, 0.5) is 0 Å². The Morgan fingerprint density at radius 3 is 2.50 bits per heavy atom. The van der Waals surface area contributed by atoms with Crippen molar-refractivity contribution in [3.63, 3.8) is 0 Å². The highest BCUT2D eigenvalue weighted by molar-refractivity contribution is 5.98. The molecule has 1 N–H and O–H groups in total. The predicted molar refractivity (Wildman–Crippen MR) is 83.0 cm³/mol. The van der Waals surface area contributed by atoms with Gasteiger partial charge in [0.15, 0.2) is 11.5 Å². The Labute approximate surface area is 128 Å². The normalized spacial score (nSPS) is 14.8. The molecule has 0 aromatic heterocycles. The van der Waals surface area contributed by atoms with Crippen molar-refractivity contribution in [3.05, 3.63) is 48.0 Å². The summed E-state index contributed by atoms with van der Waals surface area (Å²) in [5.41, 5.74) is 3.78. The molecular formula is C17H17NO4. The number of rotatable bonds is 4. The van der Waals surface area contributed by atoms with Gasteiger partial charge in [-0.1, -0.05) is 35.5 Å². The second-order valence-electron chi connectivity index (χ2n) is 5.03. The molecule has 5 nitrogen and oxygen atoms in total. The molecule has 114 valence electrons. The third kappa shape index (κ3) is 3.04. The lowest BCUT2D eigenvalue weighted by molar-refractivity contribution is -0.0836. The van der Waals surface area contributed by atoms with E-state index in [1.165, 1.54) is 6.92 Å². The summed E-state index contributed by atoms with van der Waals surface area (Å²) in [6.07, 6.45) is -0.914. The van der Waals surface area contributed by atoms with E-state index in [1.807, 2.05) is 49.4 Å². The quantitative estimate of drug-likeness (QED) is 0.535. The van der Waals surface area contributed by atoms with E-state index in [4.69, 9.17) is 19.4 Å². The molecule has 1 unspecified atom stereocenters. The molecule has 22 heavy (non-hydrogen) atoms. The van der Waals surface area contributed by atoms with Crippen LogP contribution < -0.4 is 9.47 Å². The van der Waals surface area contributed by atoms with E-state index in [2.05, 4.69) is 5.16 Å². The summed E-state index contributed by atoms with van der Waals surface area (Å²) in [5, 5.41) is 12.9. The van der Waals surface area contributed by atoms with E-state index in [0.29, 0.717) is 5.71 Å². The van der Waals surface area contributed by atoms with Crippen LogP contribution in [0.1, 0.15) is 19.4 Å². The van der Waals surface area contributed by atoms with Gasteiger partial charge in [0, 0.05) is 6.92 Å². The lowest BCUT2D eigenvalue weighted by atomic mass is 10.0. The summed E-state index contributed by atoms with van der Waals surface area (Å²) in [5.74, 6) is 1.54. The van der Waals surface area contributed by atoms with E-state index < -0.39 is 6.29 Å². The molecule has 0 bridgehead atoms. The highest BCUT2D eigenvalue weighted by atomic mass is 16.7. The second-order valence-corrected chi connectivity index (χ2v) is 5.03. The van der Waals surface area contributed by atoms with Crippen molar-refractivity contribution in [2.75, 3.05) is 6.79 Å². The van der Waals surface area contributed by atoms with E-state index in [1.54, 1.807) is 0 Å². The molecular weight excluding hydrogens is 282 g/mol. The molecule has 1 aliphatic rings. The second kappa shape index (κ2) is 6.07. The molecule has 0 aliphatic carbocycles. The number of hydrogen-bond donors (Lipinski definition) is 1. The third-order valence-corrected chi connectivity index (χ3v) is 3.35. The molecule has 2 aromatic rings. The van der Waals surface area contributed by atoms with Gasteiger partial charge in [0.2, 0.25) is 13.1 Å². The largest absolute Gasteiger partial charge is 0.454 e. The molecule has 5 heteroatoms. The zero-order valence-electron chi connectivity index (χ0n) is 12.4. The summed E-state index contributed by atoms with van der Waals surface area (Å²) in [4.78, 5) is 4.84. The van der Waals surface area contributed by atoms with Crippen molar-refractivity contribution in [2.45, 2.75) is 20.1 Å². The molecule has 0 saturated heterocycles. The molecule has 0 amide bonds. The summed E-state index contributed by atoms with van der Waals surface area (Å²) < 4.78 is 10.7.